The highest BCUT2D eigenvalue weighted by Gasteiger charge is 2.33. The van der Waals surface area contributed by atoms with Crippen LogP contribution in [0.5, 0.6) is 0 Å². The molecule has 0 unspecified atom stereocenters. The van der Waals surface area contributed by atoms with Gasteiger partial charge in [0.15, 0.2) is 0 Å². The molecular weight excluding hydrogens is 284 g/mol. The molecule has 124 valence electrons. The van der Waals surface area contributed by atoms with Crippen molar-refractivity contribution in [1.82, 2.24) is 9.80 Å². The van der Waals surface area contributed by atoms with E-state index in [0.717, 1.165) is 12.1 Å². The topological polar surface area (TPSA) is 6.48 Å². The van der Waals surface area contributed by atoms with E-state index in [-0.39, 0.29) is 0 Å². The van der Waals surface area contributed by atoms with Gasteiger partial charge in [-0.2, -0.15) is 0 Å². The van der Waals surface area contributed by atoms with Gasteiger partial charge < -0.3 is 9.80 Å². The van der Waals surface area contributed by atoms with Crippen LogP contribution in [0.2, 0.25) is 13.1 Å². The fraction of sp³-hybridized carbons (Fsp3) is 0.684. The van der Waals surface area contributed by atoms with E-state index < -0.39 is 8.07 Å². The Balaban J connectivity index is 1.98. The highest BCUT2D eigenvalue weighted by Crippen LogP contribution is 2.26. The van der Waals surface area contributed by atoms with E-state index in [4.69, 9.17) is 0 Å². The van der Waals surface area contributed by atoms with Crippen LogP contribution < -0.4 is 0 Å². The van der Waals surface area contributed by atoms with Gasteiger partial charge in [-0.15, -0.1) is 0 Å². The second kappa shape index (κ2) is 7.76. The summed E-state index contributed by atoms with van der Waals surface area (Å²) in [6.45, 7) is 5.09. The summed E-state index contributed by atoms with van der Waals surface area (Å²) in [5.74, 6) is 0. The Kier molecular flexibility index (Phi) is 6.24. The summed E-state index contributed by atoms with van der Waals surface area (Å²) < 4.78 is 0. The number of rotatable bonds is 6. The van der Waals surface area contributed by atoms with Crippen LogP contribution in [-0.4, -0.2) is 57.3 Å². The normalized spacial score (nSPS) is 23.2. The first-order valence-electron chi connectivity index (χ1n) is 8.80. The highest BCUT2D eigenvalue weighted by molar-refractivity contribution is 6.77. The van der Waals surface area contributed by atoms with Gasteiger partial charge in [0.25, 0.3) is 0 Å². The van der Waals surface area contributed by atoms with Gasteiger partial charge in [0.1, 0.15) is 0 Å². The molecule has 0 N–H and O–H groups in total. The number of hydrogen-bond donors (Lipinski definition) is 0. The van der Waals surface area contributed by atoms with E-state index in [2.05, 4.69) is 74.4 Å². The lowest BCUT2D eigenvalue weighted by Crippen LogP contribution is -2.54. The molecule has 0 aromatic heterocycles. The van der Waals surface area contributed by atoms with Crippen molar-refractivity contribution in [2.24, 2.45) is 0 Å². The molecule has 3 heteroatoms. The van der Waals surface area contributed by atoms with Crippen molar-refractivity contribution >= 4 is 8.07 Å². The molecule has 22 heavy (non-hydrogen) atoms. The Morgan fingerprint density at radius 1 is 0.955 bits per heavy atom. The Morgan fingerprint density at radius 3 is 2.14 bits per heavy atom. The van der Waals surface area contributed by atoms with Crippen molar-refractivity contribution in [2.45, 2.75) is 56.9 Å². The Labute approximate surface area is 138 Å². The largest absolute Gasteiger partial charge is 0.305 e. The maximum Gasteiger partial charge on any atom is 0.0672 e. The van der Waals surface area contributed by atoms with Gasteiger partial charge in [0.2, 0.25) is 0 Å². The van der Waals surface area contributed by atoms with Crippen LogP contribution in [0, 0.1) is 0 Å². The van der Waals surface area contributed by atoms with Crippen LogP contribution >= 0.6 is 0 Å². The molecule has 0 heterocycles. The summed E-state index contributed by atoms with van der Waals surface area (Å²) in [6.07, 6.45) is 6.84. The van der Waals surface area contributed by atoms with Crippen LogP contribution in [-0.2, 0) is 6.04 Å². The molecule has 1 aliphatic rings. The van der Waals surface area contributed by atoms with Crippen molar-refractivity contribution in [1.29, 1.82) is 0 Å². The quantitative estimate of drug-likeness (QED) is 0.736. The van der Waals surface area contributed by atoms with Gasteiger partial charge in [-0.25, -0.2) is 0 Å². The molecule has 1 aromatic carbocycles. The van der Waals surface area contributed by atoms with E-state index in [1.807, 2.05) is 0 Å². The molecule has 0 saturated heterocycles. The van der Waals surface area contributed by atoms with Crippen LogP contribution in [0.1, 0.15) is 31.2 Å². The van der Waals surface area contributed by atoms with E-state index in [1.165, 1.54) is 43.5 Å². The van der Waals surface area contributed by atoms with Crippen LogP contribution in [0.25, 0.3) is 0 Å². The highest BCUT2D eigenvalue weighted by atomic mass is 28.3. The van der Waals surface area contributed by atoms with E-state index in [0.29, 0.717) is 0 Å². The molecule has 2 nitrogen and oxygen atoms in total. The first-order chi connectivity index (χ1) is 10.4. The molecule has 1 fully saturated rings. The minimum Gasteiger partial charge on any atom is -0.305 e. The second-order valence-corrected chi connectivity index (χ2v) is 13.1. The minimum atomic E-state index is -1.25. The molecule has 1 aliphatic carbocycles. The molecular formula is C19H34N2Si. The maximum atomic E-state index is 2.69. The first-order valence-corrected chi connectivity index (χ1v) is 12.2. The number of hydrogen-bond acceptors (Lipinski definition) is 2. The van der Waals surface area contributed by atoms with Crippen molar-refractivity contribution in [3.05, 3.63) is 35.9 Å². The Morgan fingerprint density at radius 2 is 1.55 bits per heavy atom. The summed E-state index contributed by atoms with van der Waals surface area (Å²) in [5, 5.41) is 0. The summed E-state index contributed by atoms with van der Waals surface area (Å²) in [6, 6.07) is 13.8. The third kappa shape index (κ3) is 4.93. The maximum absolute atomic E-state index is 2.69. The van der Waals surface area contributed by atoms with E-state index >= 15 is 0 Å². The van der Waals surface area contributed by atoms with Gasteiger partial charge in [0, 0.05) is 12.1 Å². The predicted molar refractivity (Wildman–Crippen MR) is 100.0 cm³/mol. The molecule has 0 amide bonds. The van der Waals surface area contributed by atoms with Crippen molar-refractivity contribution in [3.63, 3.8) is 0 Å². The van der Waals surface area contributed by atoms with Crippen LogP contribution in [0.4, 0.5) is 0 Å². The fourth-order valence-electron chi connectivity index (χ4n) is 4.20. The zero-order chi connectivity index (χ0) is 16.2. The van der Waals surface area contributed by atoms with E-state index in [1.54, 1.807) is 0 Å². The number of benzene rings is 1. The first kappa shape index (κ1) is 17.7. The van der Waals surface area contributed by atoms with E-state index in [9.17, 15) is 0 Å². The zero-order valence-corrected chi connectivity index (χ0v) is 16.2. The zero-order valence-electron chi connectivity index (χ0n) is 15.2. The molecule has 2 rings (SSSR count). The molecule has 0 spiro atoms. The smallest absolute Gasteiger partial charge is 0.0672 e. The lowest BCUT2D eigenvalue weighted by atomic mass is 9.89. The summed E-state index contributed by atoms with van der Waals surface area (Å²) in [5.41, 5.74) is 1.51. The van der Waals surface area contributed by atoms with Crippen LogP contribution in [0.3, 0.4) is 0 Å². The lowest BCUT2D eigenvalue weighted by molar-refractivity contribution is 0.103. The van der Waals surface area contributed by atoms with Gasteiger partial charge in [-0.05, 0) is 46.2 Å². The summed E-state index contributed by atoms with van der Waals surface area (Å²) in [7, 11) is 5.63. The average Bonchev–Trinajstić information content (AvgIpc) is 2.47. The molecule has 1 aromatic rings. The van der Waals surface area contributed by atoms with Crippen molar-refractivity contribution in [3.8, 4) is 0 Å². The Hall–Kier alpha value is -0.643. The summed E-state index contributed by atoms with van der Waals surface area (Å²) in [4.78, 5) is 5.14. The van der Waals surface area contributed by atoms with Crippen molar-refractivity contribution in [2.75, 3.05) is 27.3 Å². The molecule has 0 aliphatic heterocycles. The lowest BCUT2D eigenvalue weighted by Gasteiger charge is -2.43. The molecule has 0 radical (unpaired) electrons. The second-order valence-electron chi connectivity index (χ2n) is 8.12. The SMILES string of the molecule is CN(C)[C@@H]1CCCC[C@H]1N(C)C[Si](C)(C)Cc1ccccc1. The molecule has 1 saturated carbocycles. The summed E-state index contributed by atoms with van der Waals surface area (Å²) >= 11 is 0. The van der Waals surface area contributed by atoms with Gasteiger partial charge in [0.05, 0.1) is 8.07 Å². The fourth-order valence-corrected chi connectivity index (χ4v) is 7.24. The molecule has 2 atom stereocenters. The van der Waals surface area contributed by atoms with Gasteiger partial charge in [-0.3, -0.25) is 0 Å². The third-order valence-electron chi connectivity index (χ3n) is 5.13. The number of likely N-dealkylation sites (N-methyl/N-ethyl adjacent to an activating group) is 2. The van der Waals surface area contributed by atoms with Gasteiger partial charge >= 0.3 is 0 Å². The van der Waals surface area contributed by atoms with Gasteiger partial charge in [-0.1, -0.05) is 61.8 Å². The van der Waals surface area contributed by atoms with Crippen LogP contribution in [0.15, 0.2) is 30.3 Å². The Bertz CT molecular complexity index is 444. The third-order valence-corrected chi connectivity index (χ3v) is 7.85. The number of nitrogens with zero attached hydrogens (tertiary/aromatic N) is 2. The molecule has 0 bridgehead atoms. The average molecular weight is 319 g/mol. The minimum absolute atomic E-state index is 0.736. The monoisotopic (exact) mass is 318 g/mol. The standard InChI is InChI=1S/C19H34N2Si/c1-20(2)18-13-9-10-14-19(18)21(3)16-22(4,5)15-17-11-7-6-8-12-17/h6-8,11-12,18-19H,9-10,13-16H2,1-5H3/t18-,19-/m1/s1. The predicted octanol–water partition coefficient (Wildman–Crippen LogP) is 3.82. The van der Waals surface area contributed by atoms with Crippen molar-refractivity contribution < 1.29 is 0 Å².